The average molecular weight is 199 g/mol. The SMILES string of the molecule is CC(C)N1CC(=O)N(CCN)C(=O)C1. The molecule has 0 unspecified atom stereocenters. The van der Waals surface area contributed by atoms with Crippen molar-refractivity contribution in [1.82, 2.24) is 9.80 Å². The lowest BCUT2D eigenvalue weighted by molar-refractivity contribution is -0.151. The maximum absolute atomic E-state index is 11.5. The minimum Gasteiger partial charge on any atom is -0.329 e. The molecule has 0 bridgehead atoms. The highest BCUT2D eigenvalue weighted by atomic mass is 16.2. The van der Waals surface area contributed by atoms with Crippen LogP contribution in [0.25, 0.3) is 0 Å². The predicted octanol–water partition coefficient (Wildman–Crippen LogP) is -0.976. The molecule has 0 aromatic rings. The number of nitrogens with zero attached hydrogens (tertiary/aromatic N) is 2. The lowest BCUT2D eigenvalue weighted by Crippen LogP contribution is -2.56. The first-order chi connectivity index (χ1) is 6.56. The van der Waals surface area contributed by atoms with Crippen molar-refractivity contribution in [2.45, 2.75) is 19.9 Å². The number of nitrogens with two attached hydrogens (primary N) is 1. The Kier molecular flexibility index (Phi) is 3.60. The van der Waals surface area contributed by atoms with Gasteiger partial charge < -0.3 is 5.73 Å². The number of piperazine rings is 1. The third kappa shape index (κ3) is 2.30. The first-order valence-corrected chi connectivity index (χ1v) is 4.83. The quantitative estimate of drug-likeness (QED) is 0.594. The molecule has 0 radical (unpaired) electrons. The molecule has 1 aliphatic rings. The number of hydrogen-bond donors (Lipinski definition) is 1. The van der Waals surface area contributed by atoms with Crippen LogP contribution in [0.1, 0.15) is 13.8 Å². The molecule has 0 aromatic heterocycles. The van der Waals surface area contributed by atoms with Crippen LogP contribution in [0.2, 0.25) is 0 Å². The van der Waals surface area contributed by atoms with Crippen LogP contribution in [-0.2, 0) is 9.59 Å². The summed E-state index contributed by atoms with van der Waals surface area (Å²) >= 11 is 0. The second kappa shape index (κ2) is 4.52. The van der Waals surface area contributed by atoms with E-state index in [1.54, 1.807) is 0 Å². The Morgan fingerprint density at radius 1 is 1.29 bits per heavy atom. The van der Waals surface area contributed by atoms with E-state index in [0.29, 0.717) is 26.2 Å². The number of amides is 2. The highest BCUT2D eigenvalue weighted by molar-refractivity contribution is 5.99. The molecule has 2 N–H and O–H groups in total. The van der Waals surface area contributed by atoms with Crippen molar-refractivity contribution in [3.8, 4) is 0 Å². The molecule has 5 heteroatoms. The van der Waals surface area contributed by atoms with E-state index in [1.807, 2.05) is 18.7 Å². The molecule has 1 saturated heterocycles. The molecule has 1 rings (SSSR count). The molecule has 14 heavy (non-hydrogen) atoms. The standard InChI is InChI=1S/C9H17N3O2/c1-7(2)11-5-8(13)12(4-3-10)9(14)6-11/h7H,3-6,10H2,1-2H3. The fraction of sp³-hybridized carbons (Fsp3) is 0.778. The zero-order chi connectivity index (χ0) is 10.7. The monoisotopic (exact) mass is 199 g/mol. The van der Waals surface area contributed by atoms with Crippen molar-refractivity contribution in [2.75, 3.05) is 26.2 Å². The average Bonchev–Trinajstić information content (AvgIpc) is 2.10. The van der Waals surface area contributed by atoms with Gasteiger partial charge in [0.15, 0.2) is 0 Å². The van der Waals surface area contributed by atoms with E-state index >= 15 is 0 Å². The van der Waals surface area contributed by atoms with E-state index < -0.39 is 0 Å². The van der Waals surface area contributed by atoms with Crippen LogP contribution in [0.15, 0.2) is 0 Å². The Hall–Kier alpha value is -0.940. The van der Waals surface area contributed by atoms with E-state index in [4.69, 9.17) is 5.73 Å². The maximum atomic E-state index is 11.5. The molecule has 0 aromatic carbocycles. The van der Waals surface area contributed by atoms with Gasteiger partial charge in [0, 0.05) is 19.1 Å². The van der Waals surface area contributed by atoms with Gasteiger partial charge in [-0.3, -0.25) is 19.4 Å². The topological polar surface area (TPSA) is 66.6 Å². The normalized spacial score (nSPS) is 19.6. The van der Waals surface area contributed by atoms with Crippen molar-refractivity contribution in [2.24, 2.45) is 5.73 Å². The summed E-state index contributed by atoms with van der Waals surface area (Å²) in [5, 5.41) is 0. The summed E-state index contributed by atoms with van der Waals surface area (Å²) < 4.78 is 0. The Labute approximate surface area is 83.8 Å². The summed E-state index contributed by atoms with van der Waals surface area (Å²) in [7, 11) is 0. The van der Waals surface area contributed by atoms with Crippen molar-refractivity contribution >= 4 is 11.8 Å². The Morgan fingerprint density at radius 3 is 2.14 bits per heavy atom. The number of carbonyl (C=O) groups excluding carboxylic acids is 2. The Balaban J connectivity index is 2.63. The lowest BCUT2D eigenvalue weighted by atomic mass is 10.2. The summed E-state index contributed by atoms with van der Waals surface area (Å²) in [5.74, 6) is -0.277. The van der Waals surface area contributed by atoms with Crippen LogP contribution in [0.4, 0.5) is 0 Å². The van der Waals surface area contributed by atoms with E-state index in [1.165, 1.54) is 4.90 Å². The van der Waals surface area contributed by atoms with Gasteiger partial charge in [0.2, 0.25) is 11.8 Å². The third-order valence-corrected chi connectivity index (χ3v) is 2.36. The van der Waals surface area contributed by atoms with Gasteiger partial charge in [-0.1, -0.05) is 0 Å². The summed E-state index contributed by atoms with van der Waals surface area (Å²) in [6, 6.07) is 0.225. The summed E-state index contributed by atoms with van der Waals surface area (Å²) in [6.07, 6.45) is 0. The highest BCUT2D eigenvalue weighted by Gasteiger charge is 2.31. The fourth-order valence-electron chi connectivity index (χ4n) is 1.46. The van der Waals surface area contributed by atoms with Gasteiger partial charge in [0.1, 0.15) is 0 Å². The van der Waals surface area contributed by atoms with Crippen LogP contribution in [0.5, 0.6) is 0 Å². The van der Waals surface area contributed by atoms with Gasteiger partial charge in [0.25, 0.3) is 0 Å². The van der Waals surface area contributed by atoms with Gasteiger partial charge in [0.05, 0.1) is 13.1 Å². The smallest absolute Gasteiger partial charge is 0.243 e. The first kappa shape index (κ1) is 11.1. The van der Waals surface area contributed by atoms with Crippen molar-refractivity contribution in [3.05, 3.63) is 0 Å². The second-order valence-electron chi connectivity index (χ2n) is 3.73. The number of carbonyl (C=O) groups is 2. The minimum atomic E-state index is -0.139. The van der Waals surface area contributed by atoms with Gasteiger partial charge in [-0.15, -0.1) is 0 Å². The number of imide groups is 1. The summed E-state index contributed by atoms with van der Waals surface area (Å²) in [5.41, 5.74) is 5.32. The Morgan fingerprint density at radius 2 is 1.79 bits per heavy atom. The van der Waals surface area contributed by atoms with Crippen molar-refractivity contribution in [1.29, 1.82) is 0 Å². The molecule has 1 heterocycles. The molecular formula is C9H17N3O2. The van der Waals surface area contributed by atoms with Crippen LogP contribution in [-0.4, -0.2) is 53.8 Å². The van der Waals surface area contributed by atoms with Crippen molar-refractivity contribution in [3.63, 3.8) is 0 Å². The van der Waals surface area contributed by atoms with Crippen LogP contribution < -0.4 is 5.73 Å². The minimum absolute atomic E-state index is 0.139. The molecule has 0 saturated carbocycles. The van der Waals surface area contributed by atoms with E-state index in [0.717, 1.165) is 0 Å². The molecule has 1 fully saturated rings. The first-order valence-electron chi connectivity index (χ1n) is 4.83. The Bertz CT molecular complexity index is 222. The molecule has 0 aliphatic carbocycles. The zero-order valence-electron chi connectivity index (χ0n) is 8.69. The molecule has 1 aliphatic heterocycles. The zero-order valence-corrected chi connectivity index (χ0v) is 8.69. The van der Waals surface area contributed by atoms with Gasteiger partial charge in [-0.25, -0.2) is 0 Å². The maximum Gasteiger partial charge on any atom is 0.243 e. The van der Waals surface area contributed by atoms with Gasteiger partial charge in [-0.2, -0.15) is 0 Å². The van der Waals surface area contributed by atoms with E-state index in [2.05, 4.69) is 0 Å². The van der Waals surface area contributed by atoms with E-state index in [-0.39, 0.29) is 17.9 Å². The molecular weight excluding hydrogens is 182 g/mol. The van der Waals surface area contributed by atoms with Crippen LogP contribution in [0.3, 0.4) is 0 Å². The lowest BCUT2D eigenvalue weighted by Gasteiger charge is -2.34. The van der Waals surface area contributed by atoms with E-state index in [9.17, 15) is 9.59 Å². The summed E-state index contributed by atoms with van der Waals surface area (Å²) in [6.45, 7) is 5.26. The predicted molar refractivity (Wildman–Crippen MR) is 52.5 cm³/mol. The third-order valence-electron chi connectivity index (χ3n) is 2.36. The van der Waals surface area contributed by atoms with Crippen molar-refractivity contribution < 1.29 is 9.59 Å². The number of rotatable bonds is 3. The second-order valence-corrected chi connectivity index (χ2v) is 3.73. The fourth-order valence-corrected chi connectivity index (χ4v) is 1.46. The molecule has 5 nitrogen and oxygen atoms in total. The van der Waals surface area contributed by atoms with Crippen LogP contribution >= 0.6 is 0 Å². The molecule has 2 amide bonds. The van der Waals surface area contributed by atoms with Crippen LogP contribution in [0, 0.1) is 0 Å². The highest BCUT2D eigenvalue weighted by Crippen LogP contribution is 2.07. The number of hydrogen-bond acceptors (Lipinski definition) is 4. The van der Waals surface area contributed by atoms with Gasteiger partial charge in [-0.05, 0) is 13.8 Å². The molecule has 0 spiro atoms. The largest absolute Gasteiger partial charge is 0.329 e. The molecule has 80 valence electrons. The summed E-state index contributed by atoms with van der Waals surface area (Å²) in [4.78, 5) is 26.1. The van der Waals surface area contributed by atoms with Gasteiger partial charge >= 0.3 is 0 Å². The molecule has 0 atom stereocenters.